The Bertz CT molecular complexity index is 1310. The van der Waals surface area contributed by atoms with Gasteiger partial charge in [0.05, 0.1) is 10.9 Å². The Balaban J connectivity index is 1.99. The lowest BCUT2D eigenvalue weighted by molar-refractivity contribution is -0.139. The smallest absolute Gasteiger partial charge is 0.331 e. The summed E-state index contributed by atoms with van der Waals surface area (Å²) in [6, 6.07) is 12.7. The summed E-state index contributed by atoms with van der Waals surface area (Å²) >= 11 is 6.36. The van der Waals surface area contributed by atoms with Gasteiger partial charge in [-0.15, -0.1) is 11.3 Å². The Morgan fingerprint density at radius 3 is 2.57 bits per heavy atom. The number of aliphatic carboxylic acids is 1. The number of aryl methyl sites for hydroxylation is 1. The van der Waals surface area contributed by atoms with Gasteiger partial charge in [0.25, 0.3) is 5.91 Å². The molecule has 0 aliphatic carbocycles. The molecule has 1 amide bonds. The highest BCUT2D eigenvalue weighted by atomic mass is 32.1. The monoisotopic (exact) mass is 410 g/mol. The molecule has 1 aromatic heterocycles. The number of rotatable bonds is 4. The maximum Gasteiger partial charge on any atom is 0.331 e. The van der Waals surface area contributed by atoms with Gasteiger partial charge < -0.3 is 10.2 Å². The molecule has 28 heavy (non-hydrogen) atoms. The van der Waals surface area contributed by atoms with Gasteiger partial charge in [0, 0.05) is 5.22 Å². The number of carboxylic acid groups (broad SMARTS) is 1. The zero-order chi connectivity index (χ0) is 20.0. The van der Waals surface area contributed by atoms with Crippen LogP contribution in [0.5, 0.6) is 5.88 Å². The number of carbonyl (C=O) groups is 2. The number of hydrogen-bond acceptors (Lipinski definition) is 5. The predicted octanol–water partition coefficient (Wildman–Crippen LogP) is 2.33. The van der Waals surface area contributed by atoms with Crippen LogP contribution in [-0.4, -0.2) is 26.7 Å². The van der Waals surface area contributed by atoms with Gasteiger partial charge in [0.2, 0.25) is 5.88 Å². The minimum atomic E-state index is -1.20. The molecule has 140 valence electrons. The number of carbonyl (C=O) groups excluding carboxylic acids is 1. The van der Waals surface area contributed by atoms with Crippen LogP contribution in [0.1, 0.15) is 22.0 Å². The van der Waals surface area contributed by atoms with E-state index in [1.807, 2.05) is 13.0 Å². The molecule has 2 N–H and O–H groups in total. The minimum Gasteiger partial charge on any atom is -0.493 e. The van der Waals surface area contributed by atoms with Crippen LogP contribution in [0.2, 0.25) is 0 Å². The summed E-state index contributed by atoms with van der Waals surface area (Å²) in [5.41, 5.74) is 1.55. The van der Waals surface area contributed by atoms with E-state index >= 15 is 0 Å². The zero-order valence-corrected chi connectivity index (χ0v) is 16.3. The molecular formula is C20H14N2O4S2. The van der Waals surface area contributed by atoms with Crippen molar-refractivity contribution in [3.8, 4) is 5.88 Å². The number of carboxylic acids is 1. The predicted molar refractivity (Wildman–Crippen MR) is 107 cm³/mol. The lowest BCUT2D eigenvalue weighted by atomic mass is 10.1. The molecule has 0 saturated carbocycles. The summed E-state index contributed by atoms with van der Waals surface area (Å²) in [5, 5.41) is 21.8. The standard InChI is InChI=1S/C20H14N2O4S2/c1-10-6-5-9-12-13(17(23)21-14(10)12)16-18(24)22(20(27)28-16)15(19(25)26)11-7-3-2-4-8-11/h2-9,15,24H,1H3,(H,25,26). The van der Waals surface area contributed by atoms with Gasteiger partial charge in [-0.3, -0.25) is 9.36 Å². The molecule has 1 aliphatic heterocycles. The molecular weight excluding hydrogens is 396 g/mol. The Morgan fingerprint density at radius 1 is 1.18 bits per heavy atom. The molecule has 0 fully saturated rings. The number of thiazole rings is 1. The van der Waals surface area contributed by atoms with E-state index in [2.05, 4.69) is 4.99 Å². The Morgan fingerprint density at radius 2 is 1.89 bits per heavy atom. The van der Waals surface area contributed by atoms with Crippen molar-refractivity contribution in [1.29, 1.82) is 0 Å². The first-order chi connectivity index (χ1) is 13.4. The molecule has 8 heteroatoms. The molecule has 3 aromatic rings. The lowest BCUT2D eigenvalue weighted by Crippen LogP contribution is -2.25. The molecule has 4 rings (SSSR count). The average Bonchev–Trinajstić information content (AvgIpc) is 3.14. The van der Waals surface area contributed by atoms with E-state index in [1.165, 1.54) is 4.57 Å². The highest BCUT2D eigenvalue weighted by Crippen LogP contribution is 2.36. The van der Waals surface area contributed by atoms with Crippen LogP contribution in [0, 0.1) is 10.9 Å². The number of hydrogen-bond donors (Lipinski definition) is 2. The molecule has 1 unspecified atom stereocenters. The molecule has 2 heterocycles. The summed E-state index contributed by atoms with van der Waals surface area (Å²) in [6.45, 7) is 1.85. The third-order valence-electron chi connectivity index (χ3n) is 4.59. The van der Waals surface area contributed by atoms with Crippen molar-refractivity contribution in [2.45, 2.75) is 13.0 Å². The second-order valence-electron chi connectivity index (χ2n) is 6.31. The highest BCUT2D eigenvalue weighted by Gasteiger charge is 2.31. The Kier molecular flexibility index (Phi) is 4.44. The summed E-state index contributed by atoms with van der Waals surface area (Å²) in [4.78, 5) is 28.9. The van der Waals surface area contributed by atoms with E-state index in [9.17, 15) is 19.8 Å². The van der Waals surface area contributed by atoms with Gasteiger partial charge in [0.1, 0.15) is 4.88 Å². The number of para-hydroxylation sites is 1. The Hall–Kier alpha value is -3.10. The summed E-state index contributed by atoms with van der Waals surface area (Å²) < 4.78 is 1.33. The normalized spacial score (nSPS) is 13.9. The van der Waals surface area contributed by atoms with Crippen molar-refractivity contribution in [2.24, 2.45) is 4.99 Å². The molecule has 0 saturated heterocycles. The number of nitrogens with zero attached hydrogens (tertiary/aromatic N) is 2. The second kappa shape index (κ2) is 6.81. The van der Waals surface area contributed by atoms with Crippen LogP contribution in [0.4, 0.5) is 0 Å². The number of benzene rings is 2. The zero-order valence-electron chi connectivity index (χ0n) is 14.6. The van der Waals surface area contributed by atoms with Crippen LogP contribution < -0.4 is 10.6 Å². The topological polar surface area (TPSA) is 91.9 Å². The van der Waals surface area contributed by atoms with Gasteiger partial charge in [-0.2, -0.15) is 0 Å². The van der Waals surface area contributed by atoms with Crippen LogP contribution in [0.3, 0.4) is 0 Å². The average molecular weight is 410 g/mol. The van der Waals surface area contributed by atoms with Gasteiger partial charge in [-0.25, -0.2) is 9.79 Å². The third-order valence-corrected chi connectivity index (χ3v) is 5.99. The van der Waals surface area contributed by atoms with Crippen molar-refractivity contribution < 1.29 is 19.8 Å². The van der Waals surface area contributed by atoms with Crippen molar-refractivity contribution in [3.05, 3.63) is 79.1 Å². The van der Waals surface area contributed by atoms with E-state index < -0.39 is 17.9 Å². The van der Waals surface area contributed by atoms with Crippen molar-refractivity contribution in [2.75, 3.05) is 0 Å². The molecule has 0 spiro atoms. The fourth-order valence-electron chi connectivity index (χ4n) is 3.31. The first-order valence-electron chi connectivity index (χ1n) is 8.35. The van der Waals surface area contributed by atoms with Crippen molar-refractivity contribution >= 4 is 41.0 Å². The SMILES string of the molecule is Cc1cccc2c1=NC(=O)C=2c1sc(=S)n(C(C(=O)O)c2ccccc2)c1O. The van der Waals surface area contributed by atoms with Crippen molar-refractivity contribution in [3.63, 3.8) is 0 Å². The van der Waals surface area contributed by atoms with Gasteiger partial charge >= 0.3 is 5.97 Å². The first kappa shape index (κ1) is 18.3. The summed E-state index contributed by atoms with van der Waals surface area (Å²) in [7, 11) is 0. The molecule has 0 radical (unpaired) electrons. The maximum absolute atomic E-state index is 12.6. The Labute approximate surface area is 168 Å². The summed E-state index contributed by atoms with van der Waals surface area (Å²) in [5.74, 6) is -1.99. The number of aromatic hydroxyl groups is 1. The number of amides is 1. The molecule has 0 bridgehead atoms. The van der Waals surface area contributed by atoms with Gasteiger partial charge in [0.15, 0.2) is 10.00 Å². The lowest BCUT2D eigenvalue weighted by Gasteiger charge is -2.15. The molecule has 2 aromatic carbocycles. The first-order valence-corrected chi connectivity index (χ1v) is 9.58. The van der Waals surface area contributed by atoms with E-state index in [1.54, 1.807) is 42.5 Å². The highest BCUT2D eigenvalue weighted by molar-refractivity contribution is 7.73. The van der Waals surface area contributed by atoms with Crippen LogP contribution in [-0.2, 0) is 9.59 Å². The van der Waals surface area contributed by atoms with Gasteiger partial charge in [-0.05, 0) is 30.3 Å². The molecule has 6 nitrogen and oxygen atoms in total. The number of fused-ring (bicyclic) bond motifs is 1. The molecule has 1 aliphatic rings. The maximum atomic E-state index is 12.6. The van der Waals surface area contributed by atoms with E-state index in [-0.39, 0.29) is 20.3 Å². The fourth-order valence-corrected chi connectivity index (χ4v) is 4.70. The van der Waals surface area contributed by atoms with Gasteiger partial charge in [-0.1, -0.05) is 48.5 Å². The largest absolute Gasteiger partial charge is 0.493 e. The second-order valence-corrected chi connectivity index (χ2v) is 7.95. The molecule has 1 atom stereocenters. The number of aromatic nitrogens is 1. The summed E-state index contributed by atoms with van der Waals surface area (Å²) in [6.07, 6.45) is 0. The minimum absolute atomic E-state index is 0.158. The van der Waals surface area contributed by atoms with E-state index in [0.29, 0.717) is 16.1 Å². The van der Waals surface area contributed by atoms with Crippen LogP contribution >= 0.6 is 23.6 Å². The van der Waals surface area contributed by atoms with E-state index in [0.717, 1.165) is 16.9 Å². The van der Waals surface area contributed by atoms with E-state index in [4.69, 9.17) is 12.2 Å². The third kappa shape index (κ3) is 2.78. The quantitative estimate of drug-likeness (QED) is 0.644. The van der Waals surface area contributed by atoms with Crippen LogP contribution in [0.25, 0.3) is 5.57 Å². The van der Waals surface area contributed by atoms with Crippen LogP contribution in [0.15, 0.2) is 53.5 Å². The fraction of sp³-hybridized carbons (Fsp3) is 0.100. The van der Waals surface area contributed by atoms with Crippen molar-refractivity contribution in [1.82, 2.24) is 4.57 Å².